The highest BCUT2D eigenvalue weighted by Gasteiger charge is 2.39. The summed E-state index contributed by atoms with van der Waals surface area (Å²) in [6.45, 7) is 6.96. The summed E-state index contributed by atoms with van der Waals surface area (Å²) in [5.74, 6) is -0.610. The van der Waals surface area contributed by atoms with E-state index in [4.69, 9.17) is 18.9 Å². The number of methoxy groups -OCH3 is 1. The lowest BCUT2D eigenvalue weighted by Crippen LogP contribution is -2.40. The van der Waals surface area contributed by atoms with Gasteiger partial charge in [-0.05, 0) is 25.8 Å². The second-order valence-corrected chi connectivity index (χ2v) is 7.78. The second-order valence-electron chi connectivity index (χ2n) is 7.78. The van der Waals surface area contributed by atoms with Gasteiger partial charge < -0.3 is 24.1 Å². The molecule has 4 atom stereocenters. The molecule has 0 unspecified atom stereocenters. The van der Waals surface area contributed by atoms with Crippen LogP contribution in [0.4, 0.5) is 0 Å². The molecule has 0 saturated carbocycles. The predicted octanol–water partition coefficient (Wildman–Crippen LogP) is 4.07. The van der Waals surface area contributed by atoms with Crippen LogP contribution in [0.5, 0.6) is 0 Å². The predicted molar refractivity (Wildman–Crippen MR) is 105 cm³/mol. The lowest BCUT2D eigenvalue weighted by Gasteiger charge is -2.30. The average Bonchev–Trinajstić information content (AvgIpc) is 3.02. The maximum atomic E-state index is 10.6. The summed E-state index contributed by atoms with van der Waals surface area (Å²) in [4.78, 5) is 0. The summed E-state index contributed by atoms with van der Waals surface area (Å²) < 4.78 is 23.6. The highest BCUT2D eigenvalue weighted by Crippen LogP contribution is 2.29. The van der Waals surface area contributed by atoms with E-state index in [0.717, 1.165) is 31.2 Å². The molecule has 1 aliphatic rings. The van der Waals surface area contributed by atoms with Gasteiger partial charge in [0.25, 0.3) is 0 Å². The van der Waals surface area contributed by atoms with Crippen LogP contribution in [0.25, 0.3) is 0 Å². The van der Waals surface area contributed by atoms with Crippen molar-refractivity contribution in [3.8, 4) is 0 Å². The Labute approximate surface area is 164 Å². The molecule has 27 heavy (non-hydrogen) atoms. The minimum atomic E-state index is -0.610. The first-order valence-corrected chi connectivity index (χ1v) is 10.1. The maximum Gasteiger partial charge on any atom is 0.163 e. The summed E-state index contributed by atoms with van der Waals surface area (Å²) in [6, 6.07) is 10.1. The van der Waals surface area contributed by atoms with Gasteiger partial charge in [0.1, 0.15) is 6.10 Å². The normalized spacial score (nSPS) is 22.5. The van der Waals surface area contributed by atoms with Crippen molar-refractivity contribution >= 4 is 0 Å². The largest absolute Gasteiger partial charge is 0.390 e. The number of rotatable bonds is 12. The van der Waals surface area contributed by atoms with Gasteiger partial charge in [0.2, 0.25) is 0 Å². The van der Waals surface area contributed by atoms with Gasteiger partial charge in [0.05, 0.1) is 31.5 Å². The molecule has 2 rings (SSSR count). The van der Waals surface area contributed by atoms with E-state index in [9.17, 15) is 5.11 Å². The van der Waals surface area contributed by atoms with E-state index < -0.39 is 11.9 Å². The van der Waals surface area contributed by atoms with E-state index in [1.807, 2.05) is 44.2 Å². The van der Waals surface area contributed by atoms with Crippen molar-refractivity contribution in [3.63, 3.8) is 0 Å². The molecule has 1 fully saturated rings. The molecule has 0 radical (unpaired) electrons. The molecule has 0 aromatic heterocycles. The third kappa shape index (κ3) is 7.51. The summed E-state index contributed by atoms with van der Waals surface area (Å²) >= 11 is 0. The van der Waals surface area contributed by atoms with E-state index >= 15 is 0 Å². The van der Waals surface area contributed by atoms with Crippen LogP contribution >= 0.6 is 0 Å². The fraction of sp³-hybridized carbons (Fsp3) is 0.727. The zero-order valence-corrected chi connectivity index (χ0v) is 17.2. The Balaban J connectivity index is 1.99. The van der Waals surface area contributed by atoms with Gasteiger partial charge in [-0.15, -0.1) is 0 Å². The lowest BCUT2D eigenvalue weighted by molar-refractivity contribution is -0.164. The minimum absolute atomic E-state index is 0.177. The smallest absolute Gasteiger partial charge is 0.163 e. The Kier molecular flexibility index (Phi) is 9.19. The Hall–Kier alpha value is -0.980. The van der Waals surface area contributed by atoms with Crippen LogP contribution in [0.2, 0.25) is 0 Å². The molecule has 1 aliphatic heterocycles. The number of hydrogen-bond acceptors (Lipinski definition) is 5. The number of aliphatic hydroxyl groups excluding tert-OH is 1. The number of ether oxygens (including phenoxy) is 4. The van der Waals surface area contributed by atoms with E-state index in [-0.39, 0.29) is 18.3 Å². The van der Waals surface area contributed by atoms with Crippen LogP contribution in [0.1, 0.15) is 58.4 Å². The molecule has 0 aliphatic carbocycles. The summed E-state index contributed by atoms with van der Waals surface area (Å²) in [5.41, 5.74) is 1.11. The van der Waals surface area contributed by atoms with Gasteiger partial charge in [-0.1, -0.05) is 56.5 Å². The summed E-state index contributed by atoms with van der Waals surface area (Å²) in [5, 5.41) is 10.6. The van der Waals surface area contributed by atoms with Gasteiger partial charge in [-0.2, -0.15) is 0 Å². The molecule has 5 nitrogen and oxygen atoms in total. The topological polar surface area (TPSA) is 57.2 Å². The first-order chi connectivity index (χ1) is 12.9. The van der Waals surface area contributed by atoms with Crippen LogP contribution in [-0.4, -0.2) is 49.0 Å². The van der Waals surface area contributed by atoms with Crippen molar-refractivity contribution < 1.29 is 24.1 Å². The van der Waals surface area contributed by atoms with Crippen LogP contribution in [0.3, 0.4) is 0 Å². The van der Waals surface area contributed by atoms with Crippen molar-refractivity contribution in [1.82, 2.24) is 0 Å². The Morgan fingerprint density at radius 3 is 2.56 bits per heavy atom. The van der Waals surface area contributed by atoms with Gasteiger partial charge in [-0.25, -0.2) is 0 Å². The summed E-state index contributed by atoms with van der Waals surface area (Å²) in [6.07, 6.45) is 3.40. The Morgan fingerprint density at radius 2 is 1.96 bits per heavy atom. The quantitative estimate of drug-likeness (QED) is 0.554. The molecule has 1 saturated heterocycles. The fourth-order valence-electron chi connectivity index (χ4n) is 3.43. The fourth-order valence-corrected chi connectivity index (χ4v) is 3.43. The van der Waals surface area contributed by atoms with E-state index in [1.165, 1.54) is 0 Å². The molecular weight excluding hydrogens is 344 g/mol. The van der Waals surface area contributed by atoms with E-state index in [0.29, 0.717) is 19.6 Å². The molecule has 0 spiro atoms. The highest BCUT2D eigenvalue weighted by molar-refractivity contribution is 5.13. The maximum absolute atomic E-state index is 10.6. The minimum Gasteiger partial charge on any atom is -0.390 e. The van der Waals surface area contributed by atoms with Crippen molar-refractivity contribution in [1.29, 1.82) is 0 Å². The molecule has 0 bridgehead atoms. The van der Waals surface area contributed by atoms with Crippen LogP contribution < -0.4 is 0 Å². The van der Waals surface area contributed by atoms with Crippen molar-refractivity contribution in [2.75, 3.05) is 13.7 Å². The van der Waals surface area contributed by atoms with Crippen molar-refractivity contribution in [2.45, 2.75) is 89.7 Å². The molecule has 0 amide bonds. The van der Waals surface area contributed by atoms with E-state index in [1.54, 1.807) is 7.11 Å². The van der Waals surface area contributed by atoms with Crippen LogP contribution in [0, 0.1) is 0 Å². The monoisotopic (exact) mass is 380 g/mol. The summed E-state index contributed by atoms with van der Waals surface area (Å²) in [7, 11) is 1.65. The molecule has 5 heteroatoms. The third-order valence-corrected chi connectivity index (χ3v) is 5.05. The van der Waals surface area contributed by atoms with Gasteiger partial charge in [-0.3, -0.25) is 0 Å². The number of aliphatic hydroxyl groups is 1. The van der Waals surface area contributed by atoms with Gasteiger partial charge >= 0.3 is 0 Å². The first-order valence-electron chi connectivity index (χ1n) is 10.1. The van der Waals surface area contributed by atoms with Crippen LogP contribution in [-0.2, 0) is 25.6 Å². The number of unbranched alkanes of at least 4 members (excludes halogenated alkanes) is 2. The molecular formula is C22H36O5. The van der Waals surface area contributed by atoms with Gasteiger partial charge in [0, 0.05) is 13.5 Å². The third-order valence-electron chi connectivity index (χ3n) is 5.05. The Bertz CT molecular complexity index is 519. The lowest BCUT2D eigenvalue weighted by atomic mass is 9.98. The first kappa shape index (κ1) is 22.3. The SMILES string of the molecule is CCCCC[C@H](O)[C@@H](C[C@H](OCc1ccccc1)[C@H]1COC(C)(C)O1)OC. The average molecular weight is 381 g/mol. The number of hydrogen-bond donors (Lipinski definition) is 1. The molecule has 1 heterocycles. The highest BCUT2D eigenvalue weighted by atomic mass is 16.7. The second kappa shape index (κ2) is 11.1. The van der Waals surface area contributed by atoms with Crippen molar-refractivity contribution in [2.24, 2.45) is 0 Å². The van der Waals surface area contributed by atoms with Crippen LogP contribution in [0.15, 0.2) is 30.3 Å². The standard InChI is InChI=1S/C22H36O5/c1-5-6-8-13-18(23)19(24-4)14-20(21-16-26-22(2,3)27-21)25-15-17-11-9-7-10-12-17/h7,9-12,18-21,23H,5-6,8,13-16H2,1-4H3/t18-,19+,20-,21+/m0/s1. The molecule has 1 aromatic carbocycles. The van der Waals surface area contributed by atoms with Crippen molar-refractivity contribution in [3.05, 3.63) is 35.9 Å². The van der Waals surface area contributed by atoms with Gasteiger partial charge in [0.15, 0.2) is 5.79 Å². The Morgan fingerprint density at radius 1 is 1.22 bits per heavy atom. The molecule has 154 valence electrons. The zero-order valence-electron chi connectivity index (χ0n) is 17.2. The molecule has 1 aromatic rings. The molecule has 1 N–H and O–H groups in total. The zero-order chi connectivity index (χ0) is 19.7. The van der Waals surface area contributed by atoms with E-state index in [2.05, 4.69) is 6.92 Å². The number of benzene rings is 1.